The molecule has 4 heteroatoms. The third kappa shape index (κ3) is 3.88. The minimum Gasteiger partial charge on any atom is -0.384 e. The molecule has 3 nitrogen and oxygen atoms in total. The van der Waals surface area contributed by atoms with Gasteiger partial charge in [-0.15, -0.1) is 11.3 Å². The zero-order valence-electron chi connectivity index (χ0n) is 10.2. The number of aliphatic hydroxyl groups is 1. The van der Waals surface area contributed by atoms with Crippen LogP contribution in [-0.2, 0) is 0 Å². The Morgan fingerprint density at radius 1 is 1.53 bits per heavy atom. The zero-order chi connectivity index (χ0) is 12.7. The van der Waals surface area contributed by atoms with E-state index < -0.39 is 0 Å². The molecule has 1 N–H and O–H groups in total. The molecule has 0 aliphatic rings. The van der Waals surface area contributed by atoms with Gasteiger partial charge in [0.05, 0.1) is 10.4 Å². The maximum atomic E-state index is 12.1. The number of aliphatic hydroxyl groups excluding tert-OH is 1. The number of carbonyl (C=O) groups is 1. The molecule has 0 spiro atoms. The Kier molecular flexibility index (Phi) is 5.75. The SMILES string of the molecule is CCCN(CC)C(=O)c1csc(C#CCO)c1. The van der Waals surface area contributed by atoms with Crippen molar-refractivity contribution in [3.05, 3.63) is 21.9 Å². The van der Waals surface area contributed by atoms with Crippen molar-refractivity contribution in [2.24, 2.45) is 0 Å². The van der Waals surface area contributed by atoms with Crippen LogP contribution in [0.5, 0.6) is 0 Å². The predicted octanol–water partition coefficient (Wildman–Crippen LogP) is 1.96. The zero-order valence-corrected chi connectivity index (χ0v) is 11.0. The molecular formula is C13H17NO2S. The lowest BCUT2D eigenvalue weighted by Gasteiger charge is -2.19. The van der Waals surface area contributed by atoms with Gasteiger partial charge in [-0.05, 0) is 19.4 Å². The summed E-state index contributed by atoms with van der Waals surface area (Å²) in [6.07, 6.45) is 0.959. The number of carbonyl (C=O) groups excluding carboxylic acids is 1. The summed E-state index contributed by atoms with van der Waals surface area (Å²) in [7, 11) is 0. The largest absolute Gasteiger partial charge is 0.384 e. The van der Waals surface area contributed by atoms with Crippen LogP contribution >= 0.6 is 11.3 Å². The second-order valence-corrected chi connectivity index (χ2v) is 4.46. The van der Waals surface area contributed by atoms with Crippen molar-refractivity contribution in [3.63, 3.8) is 0 Å². The minimum atomic E-state index is -0.155. The number of rotatable bonds is 4. The van der Waals surface area contributed by atoms with E-state index >= 15 is 0 Å². The lowest BCUT2D eigenvalue weighted by atomic mass is 10.2. The van der Waals surface area contributed by atoms with Gasteiger partial charge in [-0.25, -0.2) is 0 Å². The van der Waals surface area contributed by atoms with Gasteiger partial charge in [0, 0.05) is 18.5 Å². The molecule has 1 rings (SSSR count). The molecule has 1 heterocycles. The number of thiophene rings is 1. The summed E-state index contributed by atoms with van der Waals surface area (Å²) in [5, 5.41) is 10.4. The molecule has 1 aromatic rings. The monoisotopic (exact) mass is 251 g/mol. The highest BCUT2D eigenvalue weighted by Gasteiger charge is 2.14. The lowest BCUT2D eigenvalue weighted by molar-refractivity contribution is 0.0765. The van der Waals surface area contributed by atoms with E-state index in [-0.39, 0.29) is 12.5 Å². The van der Waals surface area contributed by atoms with E-state index in [4.69, 9.17) is 5.11 Å². The molecule has 0 unspecified atom stereocenters. The maximum absolute atomic E-state index is 12.1. The van der Waals surface area contributed by atoms with Crippen molar-refractivity contribution >= 4 is 17.2 Å². The van der Waals surface area contributed by atoms with Crippen molar-refractivity contribution in [1.82, 2.24) is 4.90 Å². The smallest absolute Gasteiger partial charge is 0.254 e. The van der Waals surface area contributed by atoms with E-state index in [1.54, 1.807) is 6.07 Å². The Balaban J connectivity index is 2.78. The van der Waals surface area contributed by atoms with E-state index in [9.17, 15) is 4.79 Å². The molecule has 0 saturated carbocycles. The van der Waals surface area contributed by atoms with Crippen molar-refractivity contribution in [3.8, 4) is 11.8 Å². The second kappa shape index (κ2) is 7.10. The van der Waals surface area contributed by atoms with Crippen LogP contribution < -0.4 is 0 Å². The number of hydrogen-bond acceptors (Lipinski definition) is 3. The van der Waals surface area contributed by atoms with E-state index in [1.165, 1.54) is 11.3 Å². The highest BCUT2D eigenvalue weighted by atomic mass is 32.1. The average Bonchev–Trinajstić information content (AvgIpc) is 2.81. The summed E-state index contributed by atoms with van der Waals surface area (Å²) < 4.78 is 0. The average molecular weight is 251 g/mol. The Morgan fingerprint density at radius 2 is 2.29 bits per heavy atom. The summed E-state index contributed by atoms with van der Waals surface area (Å²) >= 11 is 1.43. The minimum absolute atomic E-state index is 0.0580. The standard InChI is InChI=1S/C13H17NO2S/c1-3-7-14(4-2)13(16)11-9-12(17-10-11)6-5-8-15/h9-10,15H,3-4,7-8H2,1-2H3. The van der Waals surface area contributed by atoms with Crippen molar-refractivity contribution in [2.45, 2.75) is 20.3 Å². The lowest BCUT2D eigenvalue weighted by Crippen LogP contribution is -2.31. The third-order valence-electron chi connectivity index (χ3n) is 2.30. The van der Waals surface area contributed by atoms with E-state index in [1.807, 2.05) is 17.2 Å². The molecule has 0 radical (unpaired) electrons. The van der Waals surface area contributed by atoms with Crippen LogP contribution in [0.2, 0.25) is 0 Å². The van der Waals surface area contributed by atoms with Gasteiger partial charge in [0.15, 0.2) is 0 Å². The fourth-order valence-electron chi connectivity index (χ4n) is 1.50. The van der Waals surface area contributed by atoms with Crippen LogP contribution in [0.3, 0.4) is 0 Å². The van der Waals surface area contributed by atoms with Gasteiger partial charge in [-0.2, -0.15) is 0 Å². The molecular weight excluding hydrogens is 234 g/mol. The molecule has 0 fully saturated rings. The molecule has 92 valence electrons. The van der Waals surface area contributed by atoms with Crippen LogP contribution in [0.4, 0.5) is 0 Å². The topological polar surface area (TPSA) is 40.5 Å². The maximum Gasteiger partial charge on any atom is 0.254 e. The summed E-state index contributed by atoms with van der Waals surface area (Å²) in [4.78, 5) is 14.7. The number of nitrogens with zero attached hydrogens (tertiary/aromatic N) is 1. The van der Waals surface area contributed by atoms with Gasteiger partial charge in [0.2, 0.25) is 0 Å². The third-order valence-corrected chi connectivity index (χ3v) is 3.15. The Labute approximate surface area is 106 Å². The van der Waals surface area contributed by atoms with Crippen molar-refractivity contribution < 1.29 is 9.90 Å². The van der Waals surface area contributed by atoms with Gasteiger partial charge in [0.25, 0.3) is 5.91 Å². The van der Waals surface area contributed by atoms with Gasteiger partial charge in [0.1, 0.15) is 6.61 Å². The molecule has 0 aliphatic heterocycles. The van der Waals surface area contributed by atoms with Crippen molar-refractivity contribution in [1.29, 1.82) is 0 Å². The van der Waals surface area contributed by atoms with Crippen LogP contribution in [0.1, 0.15) is 35.5 Å². The molecule has 0 aliphatic carbocycles. The first-order valence-electron chi connectivity index (χ1n) is 5.70. The Morgan fingerprint density at radius 3 is 2.88 bits per heavy atom. The highest BCUT2D eigenvalue weighted by Crippen LogP contribution is 2.15. The first kappa shape index (κ1) is 13.8. The number of amides is 1. The molecule has 0 atom stereocenters. The summed E-state index contributed by atoms with van der Waals surface area (Å²) in [6, 6.07) is 1.79. The van der Waals surface area contributed by atoms with E-state index in [0.29, 0.717) is 5.56 Å². The molecule has 17 heavy (non-hydrogen) atoms. The van der Waals surface area contributed by atoms with E-state index in [2.05, 4.69) is 18.8 Å². The summed E-state index contributed by atoms with van der Waals surface area (Å²) in [5.41, 5.74) is 0.688. The molecule has 0 bridgehead atoms. The van der Waals surface area contributed by atoms with Gasteiger partial charge >= 0.3 is 0 Å². The predicted molar refractivity (Wildman–Crippen MR) is 70.2 cm³/mol. The fraction of sp³-hybridized carbons (Fsp3) is 0.462. The highest BCUT2D eigenvalue weighted by molar-refractivity contribution is 7.10. The second-order valence-electron chi connectivity index (χ2n) is 3.54. The van der Waals surface area contributed by atoms with Crippen LogP contribution in [0.15, 0.2) is 11.4 Å². The summed E-state index contributed by atoms with van der Waals surface area (Å²) in [6.45, 7) is 5.38. The quantitative estimate of drug-likeness (QED) is 0.831. The molecule has 0 saturated heterocycles. The van der Waals surface area contributed by atoms with E-state index in [0.717, 1.165) is 24.4 Å². The normalized spacial score (nSPS) is 9.59. The van der Waals surface area contributed by atoms with Gasteiger partial charge < -0.3 is 10.0 Å². The first-order valence-corrected chi connectivity index (χ1v) is 6.58. The van der Waals surface area contributed by atoms with Crippen LogP contribution in [0.25, 0.3) is 0 Å². The molecule has 1 amide bonds. The molecule has 1 aromatic heterocycles. The number of hydrogen-bond donors (Lipinski definition) is 1. The Hall–Kier alpha value is -1.31. The molecule has 0 aromatic carbocycles. The van der Waals surface area contributed by atoms with Crippen LogP contribution in [-0.4, -0.2) is 35.6 Å². The van der Waals surface area contributed by atoms with Gasteiger partial charge in [-0.1, -0.05) is 18.8 Å². The van der Waals surface area contributed by atoms with Crippen LogP contribution in [0, 0.1) is 11.8 Å². The fourth-order valence-corrected chi connectivity index (χ4v) is 2.25. The van der Waals surface area contributed by atoms with Gasteiger partial charge in [-0.3, -0.25) is 4.79 Å². The van der Waals surface area contributed by atoms with Crippen molar-refractivity contribution in [2.75, 3.05) is 19.7 Å². The summed E-state index contributed by atoms with van der Waals surface area (Å²) in [5.74, 6) is 5.44. The first-order chi connectivity index (χ1) is 8.22. The Bertz CT molecular complexity index is 428.